The molecule has 1 amide bonds. The van der Waals surface area contributed by atoms with E-state index in [1.54, 1.807) is 12.1 Å². The quantitative estimate of drug-likeness (QED) is 0.749. The van der Waals surface area contributed by atoms with Crippen molar-refractivity contribution in [2.24, 2.45) is 0 Å². The van der Waals surface area contributed by atoms with E-state index in [0.717, 1.165) is 61.2 Å². The Bertz CT molecular complexity index is 1020. The van der Waals surface area contributed by atoms with Crippen molar-refractivity contribution in [1.29, 1.82) is 0 Å². The second kappa shape index (κ2) is 8.53. The van der Waals surface area contributed by atoms with Crippen LogP contribution in [0.1, 0.15) is 74.5 Å². The lowest BCUT2D eigenvalue weighted by atomic mass is 9.68. The van der Waals surface area contributed by atoms with E-state index in [4.69, 9.17) is 0 Å². The van der Waals surface area contributed by atoms with Gasteiger partial charge in [0.15, 0.2) is 9.84 Å². The van der Waals surface area contributed by atoms with Crippen molar-refractivity contribution < 1.29 is 13.2 Å². The van der Waals surface area contributed by atoms with Crippen LogP contribution in [0.3, 0.4) is 0 Å². The molecule has 0 saturated heterocycles. The average molecular weight is 432 g/mol. The third-order valence-corrected chi connectivity index (χ3v) is 7.62. The molecule has 1 aliphatic rings. The predicted octanol–water partition coefficient (Wildman–Crippen LogP) is 4.00. The standard InChI is InChI=1S/C23H33N3O3S/c1-6-26-18(4)21(17(3)25-26)16(2)24-22(27)23(14-8-7-9-15-23)19-10-12-20(13-11-19)30(5,28)29/h10-13,16H,6-9,14-15H2,1-5H3,(H,24,27)/t16-/m1/s1. The summed E-state index contributed by atoms with van der Waals surface area (Å²) in [4.78, 5) is 13.9. The van der Waals surface area contributed by atoms with Crippen molar-refractivity contribution in [1.82, 2.24) is 15.1 Å². The van der Waals surface area contributed by atoms with Crippen molar-refractivity contribution in [3.05, 3.63) is 46.8 Å². The molecule has 164 valence electrons. The first kappa shape index (κ1) is 22.5. The van der Waals surface area contributed by atoms with Crippen LogP contribution in [0.25, 0.3) is 0 Å². The maximum atomic E-state index is 13.6. The highest BCUT2D eigenvalue weighted by atomic mass is 32.2. The topological polar surface area (TPSA) is 81.1 Å². The zero-order valence-electron chi connectivity index (χ0n) is 18.7. The molecule has 3 rings (SSSR count). The number of aromatic nitrogens is 2. The number of carbonyl (C=O) groups is 1. The molecule has 6 nitrogen and oxygen atoms in total. The molecule has 1 aromatic heterocycles. The van der Waals surface area contributed by atoms with Crippen LogP contribution in [0.2, 0.25) is 0 Å². The van der Waals surface area contributed by atoms with Gasteiger partial charge in [-0.3, -0.25) is 9.48 Å². The van der Waals surface area contributed by atoms with Gasteiger partial charge in [0, 0.05) is 24.1 Å². The van der Waals surface area contributed by atoms with Gasteiger partial charge >= 0.3 is 0 Å². The Labute approximate surface area is 180 Å². The minimum Gasteiger partial charge on any atom is -0.349 e. The molecule has 0 spiro atoms. The smallest absolute Gasteiger partial charge is 0.231 e. The molecular weight excluding hydrogens is 398 g/mol. The number of nitrogens with one attached hydrogen (secondary N) is 1. The van der Waals surface area contributed by atoms with Crippen LogP contribution in [-0.2, 0) is 26.6 Å². The molecule has 0 unspecified atom stereocenters. The second-order valence-corrected chi connectivity index (χ2v) is 10.6. The van der Waals surface area contributed by atoms with Crippen LogP contribution in [0, 0.1) is 13.8 Å². The van der Waals surface area contributed by atoms with Gasteiger partial charge in [0.2, 0.25) is 5.91 Å². The number of amides is 1. The summed E-state index contributed by atoms with van der Waals surface area (Å²) in [6, 6.07) is 6.73. The minimum atomic E-state index is -3.26. The molecule has 0 aliphatic heterocycles. The number of hydrogen-bond donors (Lipinski definition) is 1. The normalized spacial score (nSPS) is 17.5. The molecule has 1 aliphatic carbocycles. The zero-order chi connectivity index (χ0) is 22.1. The third-order valence-electron chi connectivity index (χ3n) is 6.49. The van der Waals surface area contributed by atoms with Gasteiger partial charge in [0.05, 0.1) is 22.0 Å². The number of nitrogens with zero attached hydrogens (tertiary/aromatic N) is 2. The number of aryl methyl sites for hydroxylation is 2. The summed E-state index contributed by atoms with van der Waals surface area (Å²) >= 11 is 0. The lowest BCUT2D eigenvalue weighted by Crippen LogP contribution is -2.46. The Hall–Kier alpha value is -2.15. The van der Waals surface area contributed by atoms with Crippen LogP contribution < -0.4 is 5.32 Å². The maximum Gasteiger partial charge on any atom is 0.231 e. The molecule has 2 aromatic rings. The van der Waals surface area contributed by atoms with Crippen LogP contribution in [-0.4, -0.2) is 30.4 Å². The fourth-order valence-electron chi connectivity index (χ4n) is 4.88. The van der Waals surface area contributed by atoms with Gasteiger partial charge in [-0.05, 0) is 58.2 Å². The molecule has 30 heavy (non-hydrogen) atoms. The number of benzene rings is 1. The maximum absolute atomic E-state index is 13.6. The van der Waals surface area contributed by atoms with E-state index in [-0.39, 0.29) is 16.8 Å². The monoisotopic (exact) mass is 431 g/mol. The Kier molecular flexibility index (Phi) is 6.41. The third kappa shape index (κ3) is 4.17. The van der Waals surface area contributed by atoms with Gasteiger partial charge < -0.3 is 5.32 Å². The van der Waals surface area contributed by atoms with Crippen molar-refractivity contribution in [2.45, 2.75) is 82.7 Å². The SMILES string of the molecule is CCn1nc(C)c([C@@H](C)NC(=O)C2(c3ccc(S(C)(=O)=O)cc3)CCCCC2)c1C. The summed E-state index contributed by atoms with van der Waals surface area (Å²) in [5.74, 6) is 0.0184. The summed E-state index contributed by atoms with van der Waals surface area (Å²) in [6.07, 6.45) is 5.84. The average Bonchev–Trinajstić information content (AvgIpc) is 3.01. The fourth-order valence-corrected chi connectivity index (χ4v) is 5.51. The summed E-state index contributed by atoms with van der Waals surface area (Å²) in [5.41, 5.74) is 3.38. The predicted molar refractivity (Wildman–Crippen MR) is 118 cm³/mol. The van der Waals surface area contributed by atoms with Crippen LogP contribution >= 0.6 is 0 Å². The van der Waals surface area contributed by atoms with Gasteiger partial charge in [-0.1, -0.05) is 31.4 Å². The second-order valence-electron chi connectivity index (χ2n) is 8.53. The highest BCUT2D eigenvalue weighted by Crippen LogP contribution is 2.40. The number of sulfone groups is 1. The summed E-state index contributed by atoms with van der Waals surface area (Å²) in [7, 11) is -3.26. The lowest BCUT2D eigenvalue weighted by Gasteiger charge is -2.37. The van der Waals surface area contributed by atoms with E-state index in [0.29, 0.717) is 0 Å². The van der Waals surface area contributed by atoms with Gasteiger partial charge in [-0.15, -0.1) is 0 Å². The lowest BCUT2D eigenvalue weighted by molar-refractivity contribution is -0.128. The molecule has 1 N–H and O–H groups in total. The number of carbonyl (C=O) groups excluding carboxylic acids is 1. The molecular formula is C23H33N3O3S. The molecule has 1 heterocycles. The van der Waals surface area contributed by atoms with Gasteiger partial charge in [-0.25, -0.2) is 8.42 Å². The molecule has 1 saturated carbocycles. The van der Waals surface area contributed by atoms with E-state index < -0.39 is 15.3 Å². The van der Waals surface area contributed by atoms with Gasteiger partial charge in [0.25, 0.3) is 0 Å². The van der Waals surface area contributed by atoms with E-state index >= 15 is 0 Å². The Morgan fingerprint density at radius 1 is 1.17 bits per heavy atom. The molecule has 0 bridgehead atoms. The van der Waals surface area contributed by atoms with Crippen molar-refractivity contribution in [3.63, 3.8) is 0 Å². The Morgan fingerprint density at radius 3 is 2.27 bits per heavy atom. The van der Waals surface area contributed by atoms with Gasteiger partial charge in [-0.2, -0.15) is 5.10 Å². The fraction of sp³-hybridized carbons (Fsp3) is 0.565. The van der Waals surface area contributed by atoms with Crippen LogP contribution in [0.4, 0.5) is 0 Å². The first-order valence-corrected chi connectivity index (χ1v) is 12.6. The van der Waals surface area contributed by atoms with Crippen molar-refractivity contribution in [2.75, 3.05) is 6.26 Å². The summed E-state index contributed by atoms with van der Waals surface area (Å²) in [5, 5.41) is 7.84. The van der Waals surface area contributed by atoms with Gasteiger partial charge in [0.1, 0.15) is 0 Å². The first-order valence-electron chi connectivity index (χ1n) is 10.8. The Morgan fingerprint density at radius 2 is 1.77 bits per heavy atom. The van der Waals surface area contributed by atoms with Crippen LogP contribution in [0.5, 0.6) is 0 Å². The highest BCUT2D eigenvalue weighted by molar-refractivity contribution is 7.90. The highest BCUT2D eigenvalue weighted by Gasteiger charge is 2.42. The molecule has 7 heteroatoms. The Balaban J connectivity index is 1.92. The van der Waals surface area contributed by atoms with E-state index in [2.05, 4.69) is 17.3 Å². The zero-order valence-corrected chi connectivity index (χ0v) is 19.5. The van der Waals surface area contributed by atoms with Crippen LogP contribution in [0.15, 0.2) is 29.2 Å². The van der Waals surface area contributed by atoms with E-state index in [1.165, 1.54) is 6.26 Å². The first-order chi connectivity index (χ1) is 14.1. The number of hydrogen-bond acceptors (Lipinski definition) is 4. The van der Waals surface area contributed by atoms with Crippen molar-refractivity contribution >= 4 is 15.7 Å². The van der Waals surface area contributed by atoms with E-state index in [9.17, 15) is 13.2 Å². The van der Waals surface area contributed by atoms with Crippen molar-refractivity contribution in [3.8, 4) is 0 Å². The number of rotatable bonds is 6. The molecule has 1 fully saturated rings. The summed E-state index contributed by atoms with van der Waals surface area (Å²) < 4.78 is 25.6. The molecule has 1 atom stereocenters. The summed E-state index contributed by atoms with van der Waals surface area (Å²) in [6.45, 7) is 8.89. The van der Waals surface area contributed by atoms with E-state index in [1.807, 2.05) is 37.6 Å². The molecule has 1 aromatic carbocycles. The minimum absolute atomic E-state index is 0.0184. The largest absolute Gasteiger partial charge is 0.349 e. The molecule has 0 radical (unpaired) electrons.